The van der Waals surface area contributed by atoms with Crippen molar-refractivity contribution in [3.8, 4) is 0 Å². The van der Waals surface area contributed by atoms with E-state index in [4.69, 9.17) is 9.47 Å². The van der Waals surface area contributed by atoms with Crippen LogP contribution in [-0.4, -0.2) is 24.3 Å². The van der Waals surface area contributed by atoms with Crippen LogP contribution in [0.3, 0.4) is 0 Å². The van der Waals surface area contributed by atoms with Crippen molar-refractivity contribution in [3.05, 3.63) is 35.9 Å². The molecule has 0 aromatic heterocycles. The van der Waals surface area contributed by atoms with Gasteiger partial charge in [-0.05, 0) is 39.2 Å². The van der Waals surface area contributed by atoms with Crippen LogP contribution >= 0.6 is 0 Å². The number of rotatable bonds is 7. The minimum absolute atomic E-state index is 0.0793. The lowest BCUT2D eigenvalue weighted by molar-refractivity contribution is 0.0481. The number of alkyl carbamates (subject to hydrolysis) is 1. The number of carbonyl (C=O) groups is 1. The molecule has 1 atom stereocenters. The molecule has 1 aromatic carbocycles. The number of hydrogen-bond acceptors (Lipinski definition) is 3. The highest BCUT2D eigenvalue weighted by molar-refractivity contribution is 5.68. The van der Waals surface area contributed by atoms with Crippen LogP contribution in [0.15, 0.2) is 30.3 Å². The van der Waals surface area contributed by atoms with Crippen LogP contribution < -0.4 is 5.32 Å². The Morgan fingerprint density at radius 1 is 1.24 bits per heavy atom. The van der Waals surface area contributed by atoms with Crippen LogP contribution in [0, 0.1) is 0 Å². The molecule has 1 amide bonds. The van der Waals surface area contributed by atoms with Crippen molar-refractivity contribution in [1.82, 2.24) is 5.32 Å². The first-order chi connectivity index (χ1) is 9.90. The van der Waals surface area contributed by atoms with Crippen molar-refractivity contribution >= 4 is 6.09 Å². The van der Waals surface area contributed by atoms with Gasteiger partial charge in [0.2, 0.25) is 0 Å². The predicted molar refractivity (Wildman–Crippen MR) is 84.2 cm³/mol. The van der Waals surface area contributed by atoms with Gasteiger partial charge in [0.05, 0.1) is 6.61 Å². The summed E-state index contributed by atoms with van der Waals surface area (Å²) in [6.45, 7) is 8.83. The van der Waals surface area contributed by atoms with Gasteiger partial charge in [-0.2, -0.15) is 0 Å². The van der Waals surface area contributed by atoms with E-state index in [1.165, 1.54) is 0 Å². The smallest absolute Gasteiger partial charge is 0.407 e. The Morgan fingerprint density at radius 3 is 2.48 bits per heavy atom. The number of ether oxygens (including phenoxy) is 2. The second-order valence-electron chi connectivity index (χ2n) is 6.08. The first kappa shape index (κ1) is 17.5. The molecular formula is C17H27NO3. The number of carbonyl (C=O) groups excluding carboxylic acids is 1. The van der Waals surface area contributed by atoms with E-state index >= 15 is 0 Å². The molecule has 0 aliphatic heterocycles. The third-order valence-corrected chi connectivity index (χ3v) is 2.94. The highest BCUT2D eigenvalue weighted by atomic mass is 16.6. The lowest BCUT2D eigenvalue weighted by atomic mass is 10.1. The molecule has 0 bridgehead atoms. The van der Waals surface area contributed by atoms with Crippen LogP contribution in [0.2, 0.25) is 0 Å². The molecule has 0 spiro atoms. The molecule has 0 aliphatic rings. The van der Waals surface area contributed by atoms with Crippen LogP contribution in [0.4, 0.5) is 4.79 Å². The third kappa shape index (κ3) is 8.35. The average Bonchev–Trinajstić information content (AvgIpc) is 2.41. The molecule has 0 aliphatic carbocycles. The number of nitrogens with one attached hydrogen (secondary N) is 1. The van der Waals surface area contributed by atoms with Crippen LogP contribution in [-0.2, 0) is 16.1 Å². The first-order valence-corrected chi connectivity index (χ1v) is 7.52. The van der Waals surface area contributed by atoms with Crippen molar-refractivity contribution < 1.29 is 14.3 Å². The monoisotopic (exact) mass is 293 g/mol. The van der Waals surface area contributed by atoms with Gasteiger partial charge in [-0.1, -0.05) is 37.3 Å². The van der Waals surface area contributed by atoms with Crippen molar-refractivity contribution in [2.24, 2.45) is 0 Å². The number of amides is 1. The molecule has 1 N–H and O–H groups in total. The van der Waals surface area contributed by atoms with Gasteiger partial charge in [0, 0.05) is 12.6 Å². The fourth-order valence-corrected chi connectivity index (χ4v) is 1.84. The van der Waals surface area contributed by atoms with Crippen LogP contribution in [0.25, 0.3) is 0 Å². The Balaban J connectivity index is 2.23. The molecule has 0 saturated carbocycles. The van der Waals surface area contributed by atoms with Crippen molar-refractivity contribution in [3.63, 3.8) is 0 Å². The summed E-state index contributed by atoms with van der Waals surface area (Å²) in [5.41, 5.74) is 0.692. The lowest BCUT2D eigenvalue weighted by Gasteiger charge is -2.23. The lowest BCUT2D eigenvalue weighted by Crippen LogP contribution is -2.39. The molecule has 1 aromatic rings. The summed E-state index contributed by atoms with van der Waals surface area (Å²) in [5, 5.41) is 2.88. The Morgan fingerprint density at radius 2 is 1.90 bits per heavy atom. The molecule has 0 unspecified atom stereocenters. The van der Waals surface area contributed by atoms with E-state index in [0.717, 1.165) is 18.4 Å². The number of hydrogen-bond donors (Lipinski definition) is 1. The van der Waals surface area contributed by atoms with E-state index in [9.17, 15) is 4.79 Å². The summed E-state index contributed by atoms with van der Waals surface area (Å²) < 4.78 is 10.9. The van der Waals surface area contributed by atoms with Gasteiger partial charge in [0.25, 0.3) is 0 Å². The molecule has 0 heterocycles. The van der Waals surface area contributed by atoms with E-state index in [1.54, 1.807) is 0 Å². The molecule has 21 heavy (non-hydrogen) atoms. The zero-order chi connectivity index (χ0) is 15.7. The summed E-state index contributed by atoms with van der Waals surface area (Å²) in [5.74, 6) is 0. The highest BCUT2D eigenvalue weighted by Gasteiger charge is 2.18. The minimum Gasteiger partial charge on any atom is -0.444 e. The Bertz CT molecular complexity index is 412. The van der Waals surface area contributed by atoms with Gasteiger partial charge < -0.3 is 14.8 Å². The van der Waals surface area contributed by atoms with Crippen LogP contribution in [0.5, 0.6) is 0 Å². The maximum absolute atomic E-state index is 11.7. The second kappa shape index (κ2) is 8.67. The van der Waals surface area contributed by atoms with Crippen molar-refractivity contribution in [1.29, 1.82) is 0 Å². The topological polar surface area (TPSA) is 47.6 Å². The molecule has 4 nitrogen and oxygen atoms in total. The second-order valence-corrected chi connectivity index (χ2v) is 6.08. The first-order valence-electron chi connectivity index (χ1n) is 7.52. The molecule has 4 heteroatoms. The summed E-state index contributed by atoms with van der Waals surface area (Å²) in [4.78, 5) is 11.7. The zero-order valence-corrected chi connectivity index (χ0v) is 13.5. The quantitative estimate of drug-likeness (QED) is 0.776. The predicted octanol–water partition coefficient (Wildman–Crippen LogP) is 3.90. The molecular weight excluding hydrogens is 266 g/mol. The molecule has 0 radical (unpaired) electrons. The summed E-state index contributed by atoms with van der Waals surface area (Å²) in [7, 11) is 0. The van der Waals surface area contributed by atoms with Gasteiger partial charge in [0.15, 0.2) is 0 Å². The molecule has 0 fully saturated rings. The Hall–Kier alpha value is -1.55. The normalized spacial score (nSPS) is 12.8. The van der Waals surface area contributed by atoms with E-state index in [-0.39, 0.29) is 12.1 Å². The molecule has 0 saturated heterocycles. The van der Waals surface area contributed by atoms with E-state index in [1.807, 2.05) is 58.0 Å². The van der Waals surface area contributed by atoms with E-state index < -0.39 is 5.60 Å². The molecule has 1 rings (SSSR count). The zero-order valence-electron chi connectivity index (χ0n) is 13.5. The largest absolute Gasteiger partial charge is 0.444 e. The van der Waals surface area contributed by atoms with Gasteiger partial charge in [-0.15, -0.1) is 0 Å². The summed E-state index contributed by atoms with van der Waals surface area (Å²) >= 11 is 0. The SMILES string of the molecule is CC[C@H](CCOCc1ccccc1)NC(=O)OC(C)(C)C. The maximum atomic E-state index is 11.7. The standard InChI is InChI=1S/C17H27NO3/c1-5-15(18-16(19)21-17(2,3)4)11-12-20-13-14-9-7-6-8-10-14/h6-10,15H,5,11-13H2,1-4H3,(H,18,19)/t15-/m1/s1. The van der Waals surface area contributed by atoms with Gasteiger partial charge in [0.1, 0.15) is 5.60 Å². The Labute approximate surface area is 127 Å². The van der Waals surface area contributed by atoms with Crippen LogP contribution in [0.1, 0.15) is 46.1 Å². The Kier molecular flexibility index (Phi) is 7.23. The fourth-order valence-electron chi connectivity index (χ4n) is 1.84. The van der Waals surface area contributed by atoms with Crippen molar-refractivity contribution in [2.75, 3.05) is 6.61 Å². The van der Waals surface area contributed by atoms with Gasteiger partial charge in [-0.3, -0.25) is 0 Å². The number of benzene rings is 1. The van der Waals surface area contributed by atoms with Gasteiger partial charge in [-0.25, -0.2) is 4.79 Å². The fraction of sp³-hybridized carbons (Fsp3) is 0.588. The minimum atomic E-state index is -0.466. The van der Waals surface area contributed by atoms with E-state index in [0.29, 0.717) is 13.2 Å². The van der Waals surface area contributed by atoms with Crippen molar-refractivity contribution in [2.45, 2.75) is 58.8 Å². The average molecular weight is 293 g/mol. The maximum Gasteiger partial charge on any atom is 0.407 e. The summed E-state index contributed by atoms with van der Waals surface area (Å²) in [6.07, 6.45) is 1.27. The highest BCUT2D eigenvalue weighted by Crippen LogP contribution is 2.08. The molecule has 118 valence electrons. The third-order valence-electron chi connectivity index (χ3n) is 2.94. The van der Waals surface area contributed by atoms with Gasteiger partial charge >= 0.3 is 6.09 Å². The summed E-state index contributed by atoms with van der Waals surface area (Å²) in [6, 6.07) is 10.1. The van der Waals surface area contributed by atoms with E-state index in [2.05, 4.69) is 5.32 Å².